The molecule has 2 aromatic rings. The van der Waals surface area contributed by atoms with Crippen LogP contribution in [-0.2, 0) is 14.3 Å². The number of carbonyl (C=O) groups is 1. The van der Waals surface area contributed by atoms with Crippen LogP contribution in [0.3, 0.4) is 0 Å². The lowest BCUT2D eigenvalue weighted by Gasteiger charge is -2.22. The van der Waals surface area contributed by atoms with Crippen LogP contribution in [0.25, 0.3) is 5.57 Å². The predicted molar refractivity (Wildman–Crippen MR) is 102 cm³/mol. The van der Waals surface area contributed by atoms with Gasteiger partial charge in [-0.2, -0.15) is 0 Å². The molecule has 1 amide bonds. The lowest BCUT2D eigenvalue weighted by molar-refractivity contribution is -0.110. The number of likely N-dealkylation sites (N-methyl/N-ethyl adjacent to an activating group) is 1. The minimum Gasteiger partial charge on any atom is -0.369 e. The molecule has 2 aliphatic heterocycles. The minimum atomic E-state index is -0.424. The van der Waals surface area contributed by atoms with Gasteiger partial charge in [-0.3, -0.25) is 4.79 Å². The van der Waals surface area contributed by atoms with Gasteiger partial charge in [-0.15, -0.1) is 0 Å². The standard InChI is InChI=1S/C20H20FN3O3/c1-24(12-18-26-9-10-27-18)14-7-5-13(6-8-14)22-11-15-19-16(21)3-2-4-17(19)23-20(15)25/h2-8,11,18,22H,9-10,12H2,1H3,(H,23,25). The average Bonchev–Trinajstić information content (AvgIpc) is 3.28. The van der Waals surface area contributed by atoms with Gasteiger partial charge in [0.2, 0.25) is 0 Å². The molecule has 0 aliphatic carbocycles. The number of halogens is 1. The first-order chi connectivity index (χ1) is 13.1. The van der Waals surface area contributed by atoms with Crippen LogP contribution >= 0.6 is 0 Å². The zero-order chi connectivity index (χ0) is 18.8. The number of nitrogens with one attached hydrogen (secondary N) is 2. The van der Waals surface area contributed by atoms with Gasteiger partial charge in [0.05, 0.1) is 31.0 Å². The number of hydrogen-bond donors (Lipinski definition) is 2. The summed E-state index contributed by atoms with van der Waals surface area (Å²) in [5.41, 5.74) is 2.87. The highest BCUT2D eigenvalue weighted by Gasteiger charge is 2.27. The van der Waals surface area contributed by atoms with Crippen LogP contribution in [0.15, 0.2) is 48.7 Å². The Balaban J connectivity index is 1.45. The average molecular weight is 369 g/mol. The molecule has 0 spiro atoms. The largest absolute Gasteiger partial charge is 0.369 e. The first-order valence-electron chi connectivity index (χ1n) is 8.73. The van der Waals surface area contributed by atoms with Gasteiger partial charge in [0.15, 0.2) is 6.29 Å². The summed E-state index contributed by atoms with van der Waals surface area (Å²) < 4.78 is 25.0. The first kappa shape index (κ1) is 17.5. The fourth-order valence-electron chi connectivity index (χ4n) is 3.15. The summed E-state index contributed by atoms with van der Waals surface area (Å²) in [4.78, 5) is 14.1. The number of anilines is 3. The SMILES string of the molecule is CN(CC1OCCO1)c1ccc(NC=C2C(=O)Nc3cccc(F)c32)cc1. The molecule has 0 atom stereocenters. The molecule has 7 heteroatoms. The van der Waals surface area contributed by atoms with Crippen LogP contribution in [0, 0.1) is 5.82 Å². The maximum absolute atomic E-state index is 14.1. The Hall–Kier alpha value is -2.90. The number of carbonyl (C=O) groups excluding carboxylic acids is 1. The van der Waals surface area contributed by atoms with E-state index >= 15 is 0 Å². The number of nitrogens with zero attached hydrogens (tertiary/aromatic N) is 1. The topological polar surface area (TPSA) is 62.8 Å². The third-order valence-corrected chi connectivity index (χ3v) is 4.58. The van der Waals surface area contributed by atoms with Gasteiger partial charge in [0.25, 0.3) is 5.91 Å². The number of benzene rings is 2. The number of hydrogen-bond acceptors (Lipinski definition) is 5. The van der Waals surface area contributed by atoms with Crippen LogP contribution < -0.4 is 15.5 Å². The first-order valence-corrected chi connectivity index (χ1v) is 8.73. The van der Waals surface area contributed by atoms with Gasteiger partial charge in [0, 0.05) is 30.2 Å². The third kappa shape index (κ3) is 3.65. The molecule has 140 valence electrons. The highest BCUT2D eigenvalue weighted by molar-refractivity contribution is 6.31. The van der Waals surface area contributed by atoms with Crippen molar-refractivity contribution < 1.29 is 18.7 Å². The van der Waals surface area contributed by atoms with Crippen LogP contribution in [0.5, 0.6) is 0 Å². The molecule has 0 bridgehead atoms. The van der Waals surface area contributed by atoms with E-state index in [1.54, 1.807) is 12.1 Å². The lowest BCUT2D eigenvalue weighted by atomic mass is 10.1. The minimum absolute atomic E-state index is 0.201. The molecule has 6 nitrogen and oxygen atoms in total. The van der Waals surface area contributed by atoms with Crippen molar-refractivity contribution in [3.05, 3.63) is 60.0 Å². The number of fused-ring (bicyclic) bond motifs is 1. The van der Waals surface area contributed by atoms with Crippen molar-refractivity contribution in [1.29, 1.82) is 0 Å². The molecule has 0 unspecified atom stereocenters. The summed E-state index contributed by atoms with van der Waals surface area (Å²) in [5.74, 6) is -0.747. The van der Waals surface area contributed by atoms with E-state index in [2.05, 4.69) is 10.6 Å². The van der Waals surface area contributed by atoms with E-state index in [1.807, 2.05) is 36.2 Å². The monoisotopic (exact) mass is 369 g/mol. The molecule has 0 aromatic heterocycles. The predicted octanol–water partition coefficient (Wildman–Crippen LogP) is 3.04. The molecule has 1 fully saturated rings. The van der Waals surface area contributed by atoms with E-state index in [0.29, 0.717) is 31.0 Å². The zero-order valence-corrected chi connectivity index (χ0v) is 14.9. The molecule has 0 radical (unpaired) electrons. The molecule has 2 aliphatic rings. The van der Waals surface area contributed by atoms with E-state index in [-0.39, 0.29) is 17.8 Å². The summed E-state index contributed by atoms with van der Waals surface area (Å²) in [6.45, 7) is 1.91. The normalized spacial score (nSPS) is 17.9. The van der Waals surface area contributed by atoms with E-state index in [1.165, 1.54) is 12.3 Å². The van der Waals surface area contributed by atoms with Crippen LogP contribution in [0.2, 0.25) is 0 Å². The van der Waals surface area contributed by atoms with Crippen molar-refractivity contribution in [3.8, 4) is 0 Å². The molecule has 2 aromatic carbocycles. The highest BCUT2D eigenvalue weighted by Crippen LogP contribution is 2.33. The Bertz CT molecular complexity index is 877. The maximum atomic E-state index is 14.1. The fourth-order valence-corrected chi connectivity index (χ4v) is 3.15. The van der Waals surface area contributed by atoms with E-state index in [4.69, 9.17) is 9.47 Å². The van der Waals surface area contributed by atoms with Crippen molar-refractivity contribution in [2.75, 3.05) is 42.3 Å². The molecular formula is C20H20FN3O3. The number of ether oxygens (including phenoxy) is 2. The van der Waals surface area contributed by atoms with Crippen molar-refractivity contribution >= 4 is 28.5 Å². The van der Waals surface area contributed by atoms with Gasteiger partial charge in [-0.05, 0) is 36.4 Å². The summed E-state index contributed by atoms with van der Waals surface area (Å²) in [6, 6.07) is 12.3. The third-order valence-electron chi connectivity index (χ3n) is 4.58. The van der Waals surface area contributed by atoms with Gasteiger partial charge in [-0.1, -0.05) is 6.07 Å². The summed E-state index contributed by atoms with van der Waals surface area (Å²) in [6.07, 6.45) is 1.33. The van der Waals surface area contributed by atoms with Crippen molar-refractivity contribution in [1.82, 2.24) is 0 Å². The molecule has 2 heterocycles. The van der Waals surface area contributed by atoms with E-state index in [0.717, 1.165) is 11.4 Å². The quantitative estimate of drug-likeness (QED) is 0.794. The fraction of sp³-hybridized carbons (Fsp3) is 0.250. The Morgan fingerprint density at radius 1 is 1.22 bits per heavy atom. The van der Waals surface area contributed by atoms with Gasteiger partial charge in [0.1, 0.15) is 5.82 Å². The Labute approximate surface area is 156 Å². The molecule has 4 rings (SSSR count). The summed E-state index contributed by atoms with van der Waals surface area (Å²) >= 11 is 0. The van der Waals surface area contributed by atoms with Crippen molar-refractivity contribution in [2.45, 2.75) is 6.29 Å². The van der Waals surface area contributed by atoms with E-state index < -0.39 is 5.82 Å². The van der Waals surface area contributed by atoms with Gasteiger partial charge in [-0.25, -0.2) is 4.39 Å². The zero-order valence-electron chi connectivity index (χ0n) is 14.9. The van der Waals surface area contributed by atoms with E-state index in [9.17, 15) is 9.18 Å². The Kier molecular flexibility index (Phi) is 4.79. The van der Waals surface area contributed by atoms with Gasteiger partial charge >= 0.3 is 0 Å². The highest BCUT2D eigenvalue weighted by atomic mass is 19.1. The molecule has 1 saturated heterocycles. The van der Waals surface area contributed by atoms with Crippen molar-refractivity contribution in [3.63, 3.8) is 0 Å². The molecule has 0 saturated carbocycles. The Morgan fingerprint density at radius 3 is 2.70 bits per heavy atom. The van der Waals surface area contributed by atoms with Crippen LogP contribution in [0.1, 0.15) is 5.56 Å². The second kappa shape index (κ2) is 7.38. The second-order valence-electron chi connectivity index (χ2n) is 6.42. The van der Waals surface area contributed by atoms with Crippen LogP contribution in [-0.4, -0.2) is 39.0 Å². The number of amides is 1. The molecule has 27 heavy (non-hydrogen) atoms. The Morgan fingerprint density at radius 2 is 1.96 bits per heavy atom. The molecule has 2 N–H and O–H groups in total. The van der Waals surface area contributed by atoms with Gasteiger partial charge < -0.3 is 25.0 Å². The molecular weight excluding hydrogens is 349 g/mol. The number of rotatable bonds is 5. The summed E-state index contributed by atoms with van der Waals surface area (Å²) in [5, 5.41) is 5.73. The maximum Gasteiger partial charge on any atom is 0.257 e. The van der Waals surface area contributed by atoms with Crippen molar-refractivity contribution in [2.24, 2.45) is 0 Å². The lowest BCUT2D eigenvalue weighted by Crippen LogP contribution is -2.29. The smallest absolute Gasteiger partial charge is 0.257 e. The van der Waals surface area contributed by atoms with Crippen LogP contribution in [0.4, 0.5) is 21.5 Å². The second-order valence-corrected chi connectivity index (χ2v) is 6.42. The summed E-state index contributed by atoms with van der Waals surface area (Å²) in [7, 11) is 1.97.